The molecule has 3 heterocycles. The Bertz CT molecular complexity index is 1210. The number of nitrogens with one attached hydrogen (secondary N) is 2. The topological polar surface area (TPSA) is 82.5 Å². The third-order valence-corrected chi connectivity index (χ3v) is 5.87. The van der Waals surface area contributed by atoms with E-state index in [-0.39, 0.29) is 29.4 Å². The van der Waals surface area contributed by atoms with Crippen LogP contribution >= 0.6 is 0 Å². The van der Waals surface area contributed by atoms with E-state index in [1.807, 2.05) is 18.2 Å². The van der Waals surface area contributed by atoms with E-state index in [0.717, 1.165) is 49.5 Å². The van der Waals surface area contributed by atoms with Gasteiger partial charge in [-0.1, -0.05) is 0 Å². The molecule has 1 aromatic heterocycles. The van der Waals surface area contributed by atoms with Crippen molar-refractivity contribution in [3.05, 3.63) is 59.6 Å². The van der Waals surface area contributed by atoms with E-state index in [9.17, 15) is 13.9 Å². The van der Waals surface area contributed by atoms with Gasteiger partial charge in [0.15, 0.2) is 0 Å². The van der Waals surface area contributed by atoms with Crippen LogP contribution in [0.5, 0.6) is 0 Å². The summed E-state index contributed by atoms with van der Waals surface area (Å²) < 4.78 is 27.5. The summed E-state index contributed by atoms with van der Waals surface area (Å²) in [6, 6.07) is 9.10. The summed E-state index contributed by atoms with van der Waals surface area (Å²) >= 11 is 0. The van der Waals surface area contributed by atoms with Crippen molar-refractivity contribution in [3.8, 4) is 0 Å². The van der Waals surface area contributed by atoms with Crippen LogP contribution in [0.1, 0.15) is 5.82 Å². The number of fused-ring (bicyclic) bond motifs is 1. The van der Waals surface area contributed by atoms with Gasteiger partial charge in [-0.25, -0.2) is 13.8 Å². The molecule has 5 rings (SSSR count). The molecule has 7 nitrogen and oxygen atoms in total. The van der Waals surface area contributed by atoms with Gasteiger partial charge in [0.2, 0.25) is 0 Å². The number of aliphatic hydroxyl groups excluding tert-OH is 1. The van der Waals surface area contributed by atoms with Gasteiger partial charge in [0, 0.05) is 37.9 Å². The molecule has 0 amide bonds. The first-order chi connectivity index (χ1) is 14.9. The van der Waals surface area contributed by atoms with Crippen LogP contribution in [-0.2, 0) is 0 Å². The zero-order valence-corrected chi connectivity index (χ0v) is 17.0. The van der Waals surface area contributed by atoms with Crippen LogP contribution in [0.3, 0.4) is 0 Å². The minimum absolute atomic E-state index is 0.0291. The molecule has 160 valence electrons. The Morgan fingerprint density at radius 3 is 2.58 bits per heavy atom. The fourth-order valence-electron chi connectivity index (χ4n) is 4.11. The lowest BCUT2D eigenvalue weighted by atomic mass is 10.2. The maximum absolute atomic E-state index is 14.2. The fourth-order valence-corrected chi connectivity index (χ4v) is 4.11. The lowest BCUT2D eigenvalue weighted by molar-refractivity contribution is 0.313. The van der Waals surface area contributed by atoms with E-state index in [1.165, 1.54) is 11.0 Å². The minimum atomic E-state index is -0.791. The molecule has 2 aliphatic heterocycles. The molecular formula is C22H22F2N6O. The summed E-state index contributed by atoms with van der Waals surface area (Å²) in [4.78, 5) is 13.6. The summed E-state index contributed by atoms with van der Waals surface area (Å²) in [5.41, 5.74) is 2.84. The standard InChI is InChI=1S/C22H22F2N6O/c1-28-6-8-29(9-7-28)14-3-4-16-17(11-14)27-22(26-16)20-19(31)12-30(21(20)25)18-5-2-13(23)10-15(18)24/h2-5,10-11,25,31H,6-9,12H2,1H3,(H,26,27). The highest BCUT2D eigenvalue weighted by Gasteiger charge is 2.32. The van der Waals surface area contributed by atoms with Gasteiger partial charge < -0.3 is 24.8 Å². The van der Waals surface area contributed by atoms with Gasteiger partial charge in [0.1, 0.15) is 29.1 Å². The molecule has 9 heteroatoms. The third kappa shape index (κ3) is 3.40. The van der Waals surface area contributed by atoms with Gasteiger partial charge in [0.05, 0.1) is 28.8 Å². The molecule has 3 N–H and O–H groups in total. The smallest absolute Gasteiger partial charge is 0.149 e. The van der Waals surface area contributed by atoms with Crippen LogP contribution in [0, 0.1) is 17.0 Å². The van der Waals surface area contributed by atoms with E-state index >= 15 is 0 Å². The summed E-state index contributed by atoms with van der Waals surface area (Å²) in [6.45, 7) is 3.80. The van der Waals surface area contributed by atoms with Crippen molar-refractivity contribution < 1.29 is 13.9 Å². The van der Waals surface area contributed by atoms with Crippen molar-refractivity contribution in [2.45, 2.75) is 0 Å². The molecule has 2 aliphatic rings. The van der Waals surface area contributed by atoms with Crippen molar-refractivity contribution in [2.24, 2.45) is 0 Å². The monoisotopic (exact) mass is 424 g/mol. The number of hydrogen-bond acceptors (Lipinski definition) is 5. The van der Waals surface area contributed by atoms with E-state index < -0.39 is 11.6 Å². The number of amidine groups is 1. The Kier molecular flexibility index (Phi) is 4.62. The van der Waals surface area contributed by atoms with Crippen LogP contribution in [0.15, 0.2) is 42.2 Å². The Morgan fingerprint density at radius 2 is 1.84 bits per heavy atom. The first kappa shape index (κ1) is 19.5. The van der Waals surface area contributed by atoms with E-state index in [2.05, 4.69) is 26.8 Å². The number of rotatable bonds is 3. The summed E-state index contributed by atoms with van der Waals surface area (Å²) in [5.74, 6) is -1.33. The van der Waals surface area contributed by atoms with Crippen LogP contribution in [0.4, 0.5) is 20.2 Å². The van der Waals surface area contributed by atoms with E-state index in [0.29, 0.717) is 11.3 Å². The number of aromatic amines is 1. The second-order valence-electron chi connectivity index (χ2n) is 7.93. The van der Waals surface area contributed by atoms with Crippen molar-refractivity contribution >= 4 is 33.8 Å². The van der Waals surface area contributed by atoms with Gasteiger partial charge in [-0.05, 0) is 37.4 Å². The minimum Gasteiger partial charge on any atom is -0.509 e. The van der Waals surface area contributed by atoms with Crippen LogP contribution < -0.4 is 9.80 Å². The summed E-state index contributed by atoms with van der Waals surface area (Å²) in [5, 5.41) is 19.0. The SMILES string of the molecule is CN1CCN(c2ccc3nc(C4=C(O)CN(c5ccc(F)cc5F)C4=N)[nH]c3c2)CC1. The number of hydrogen-bond donors (Lipinski definition) is 3. The second-order valence-corrected chi connectivity index (χ2v) is 7.93. The van der Waals surface area contributed by atoms with Crippen molar-refractivity contribution in [1.29, 1.82) is 5.41 Å². The lowest BCUT2D eigenvalue weighted by Crippen LogP contribution is -2.44. The molecule has 0 atom stereocenters. The Labute approximate surface area is 177 Å². The third-order valence-electron chi connectivity index (χ3n) is 5.87. The maximum Gasteiger partial charge on any atom is 0.149 e. The fraction of sp³-hybridized carbons (Fsp3) is 0.273. The first-order valence-corrected chi connectivity index (χ1v) is 10.1. The summed E-state index contributed by atoms with van der Waals surface area (Å²) in [6.07, 6.45) is 0. The molecule has 0 aliphatic carbocycles. The average molecular weight is 424 g/mol. The van der Waals surface area contributed by atoms with Crippen molar-refractivity contribution in [1.82, 2.24) is 14.9 Å². The molecule has 1 fully saturated rings. The summed E-state index contributed by atoms with van der Waals surface area (Å²) in [7, 11) is 2.11. The molecule has 2 aromatic carbocycles. The molecule has 3 aromatic rings. The number of nitrogens with zero attached hydrogens (tertiary/aromatic N) is 4. The highest BCUT2D eigenvalue weighted by atomic mass is 19.1. The molecule has 0 saturated carbocycles. The van der Waals surface area contributed by atoms with Gasteiger partial charge in [-0.3, -0.25) is 5.41 Å². The number of anilines is 2. The number of aliphatic hydroxyl groups is 1. The Hall–Kier alpha value is -3.46. The van der Waals surface area contributed by atoms with Crippen molar-refractivity contribution in [2.75, 3.05) is 49.6 Å². The number of aromatic nitrogens is 2. The molecule has 0 unspecified atom stereocenters. The zero-order valence-electron chi connectivity index (χ0n) is 17.0. The number of imidazole rings is 1. The number of piperazine rings is 1. The van der Waals surface area contributed by atoms with Gasteiger partial charge in [0.25, 0.3) is 0 Å². The van der Waals surface area contributed by atoms with Crippen LogP contribution in [0.25, 0.3) is 16.6 Å². The van der Waals surface area contributed by atoms with E-state index in [4.69, 9.17) is 5.41 Å². The lowest BCUT2D eigenvalue weighted by Gasteiger charge is -2.34. The average Bonchev–Trinajstić information content (AvgIpc) is 3.28. The maximum atomic E-state index is 14.2. The Balaban J connectivity index is 1.44. The van der Waals surface area contributed by atoms with Crippen LogP contribution in [0.2, 0.25) is 0 Å². The number of H-pyrrole nitrogens is 1. The second kappa shape index (κ2) is 7.35. The molecule has 0 radical (unpaired) electrons. The molecular weight excluding hydrogens is 402 g/mol. The number of halogens is 2. The highest BCUT2D eigenvalue weighted by molar-refractivity contribution is 6.30. The molecule has 0 bridgehead atoms. The van der Waals surface area contributed by atoms with Gasteiger partial charge in [-0.15, -0.1) is 0 Å². The van der Waals surface area contributed by atoms with E-state index in [1.54, 1.807) is 0 Å². The predicted octanol–water partition coefficient (Wildman–Crippen LogP) is 3.36. The molecule has 31 heavy (non-hydrogen) atoms. The molecule has 0 spiro atoms. The Morgan fingerprint density at radius 1 is 1.06 bits per heavy atom. The number of likely N-dealkylation sites (N-methyl/N-ethyl adjacent to an activating group) is 1. The van der Waals surface area contributed by atoms with Gasteiger partial charge >= 0.3 is 0 Å². The predicted molar refractivity (Wildman–Crippen MR) is 117 cm³/mol. The largest absolute Gasteiger partial charge is 0.509 e. The normalized spacial score (nSPS) is 18.0. The van der Waals surface area contributed by atoms with Crippen LogP contribution in [-0.4, -0.2) is 65.6 Å². The van der Waals surface area contributed by atoms with Crippen molar-refractivity contribution in [3.63, 3.8) is 0 Å². The molecule has 1 saturated heterocycles. The zero-order chi connectivity index (χ0) is 21.7. The highest BCUT2D eigenvalue weighted by Crippen LogP contribution is 2.33. The first-order valence-electron chi connectivity index (χ1n) is 10.1. The van der Waals surface area contributed by atoms with Gasteiger partial charge in [-0.2, -0.15) is 0 Å². The quantitative estimate of drug-likeness (QED) is 0.601. The number of benzene rings is 2.